The van der Waals surface area contributed by atoms with E-state index in [1.54, 1.807) is 30.3 Å². The molecule has 1 aromatic carbocycles. The highest BCUT2D eigenvalue weighted by molar-refractivity contribution is 5.86. The largest absolute Gasteiger partial charge is 0.479 e. The molecular formula is C27H35NO9. The molecule has 10 nitrogen and oxygen atoms in total. The molecule has 0 radical (unpaired) electrons. The van der Waals surface area contributed by atoms with E-state index in [1.807, 2.05) is 13.8 Å². The number of ether oxygens (including phenoxy) is 3. The highest BCUT2D eigenvalue weighted by Gasteiger charge is 2.69. The number of aliphatic carboxylic acids is 1. The van der Waals surface area contributed by atoms with Crippen LogP contribution in [0.3, 0.4) is 0 Å². The van der Waals surface area contributed by atoms with Gasteiger partial charge in [0.1, 0.15) is 0 Å². The molecule has 5 aliphatic rings. The van der Waals surface area contributed by atoms with Crippen molar-refractivity contribution in [2.75, 3.05) is 0 Å². The van der Waals surface area contributed by atoms with Gasteiger partial charge in [-0.25, -0.2) is 14.6 Å². The van der Waals surface area contributed by atoms with Gasteiger partial charge in [-0.3, -0.25) is 9.59 Å². The molecule has 4 heterocycles. The lowest BCUT2D eigenvalue weighted by Gasteiger charge is -2.59. The second-order valence-corrected chi connectivity index (χ2v) is 11.0. The van der Waals surface area contributed by atoms with Crippen LogP contribution in [0.25, 0.3) is 0 Å². The number of carboxylic acids is 1. The van der Waals surface area contributed by atoms with E-state index >= 15 is 0 Å². The van der Waals surface area contributed by atoms with Crippen LogP contribution in [0.5, 0.6) is 0 Å². The molecule has 1 spiro atoms. The van der Waals surface area contributed by atoms with Gasteiger partial charge in [0.15, 0.2) is 17.9 Å². The van der Waals surface area contributed by atoms with E-state index in [0.717, 1.165) is 19.3 Å². The van der Waals surface area contributed by atoms with Crippen molar-refractivity contribution in [3.63, 3.8) is 0 Å². The molecule has 202 valence electrons. The number of hydrogen-bond donors (Lipinski definition) is 2. The summed E-state index contributed by atoms with van der Waals surface area (Å²) >= 11 is 0. The van der Waals surface area contributed by atoms with E-state index in [4.69, 9.17) is 24.0 Å². The zero-order valence-electron chi connectivity index (χ0n) is 21.4. The average molecular weight is 518 g/mol. The van der Waals surface area contributed by atoms with Crippen molar-refractivity contribution in [3.8, 4) is 0 Å². The van der Waals surface area contributed by atoms with Crippen molar-refractivity contribution >= 4 is 17.8 Å². The van der Waals surface area contributed by atoms with Gasteiger partial charge in [0.25, 0.3) is 0 Å². The average Bonchev–Trinajstić information content (AvgIpc) is 3.10. The first kappa shape index (κ1) is 26.1. The maximum absolute atomic E-state index is 12.7. The van der Waals surface area contributed by atoms with Crippen LogP contribution < -0.4 is 5.32 Å². The topological polar surface area (TPSA) is 130 Å². The predicted molar refractivity (Wildman–Crippen MR) is 127 cm³/mol. The van der Waals surface area contributed by atoms with Crippen molar-refractivity contribution in [3.05, 3.63) is 35.9 Å². The summed E-state index contributed by atoms with van der Waals surface area (Å²) < 4.78 is 18.2. The standard InChI is InChI=1S/C27H35NO9/c1-15-9-10-19-16(2)24(34-25-27(19)18(15)13-14-26(3,35-25)36-37-27)33-21(30)12-11-20(29)28-22(23(31)32)17-7-5-4-6-8-17/h4-8,15-16,18-19,22,24-25H,9-14H2,1-3H3,(H,28,29)(H,31,32)/t15-,16+,18-,19+,22-,24+,25-,26-,27+/m0/s1. The van der Waals surface area contributed by atoms with Gasteiger partial charge in [0.05, 0.1) is 6.42 Å². The fourth-order valence-corrected chi connectivity index (χ4v) is 6.58. The Morgan fingerprint density at radius 2 is 1.84 bits per heavy atom. The lowest BCUT2D eigenvalue weighted by atomic mass is 9.58. The number of benzene rings is 1. The number of carboxylic acid groups (broad SMARTS) is 1. The fraction of sp³-hybridized carbons (Fsp3) is 0.667. The van der Waals surface area contributed by atoms with Crippen LogP contribution in [0.2, 0.25) is 0 Å². The van der Waals surface area contributed by atoms with Crippen LogP contribution in [0, 0.1) is 23.7 Å². The lowest BCUT2D eigenvalue weighted by Crippen LogP contribution is -2.70. The molecule has 1 amide bonds. The van der Waals surface area contributed by atoms with Crippen LogP contribution in [-0.4, -0.2) is 46.9 Å². The number of carbonyl (C=O) groups excluding carboxylic acids is 2. The van der Waals surface area contributed by atoms with Gasteiger partial charge in [0, 0.05) is 24.7 Å². The summed E-state index contributed by atoms with van der Waals surface area (Å²) in [5.74, 6) is -2.80. The van der Waals surface area contributed by atoms with Crippen LogP contribution in [0.15, 0.2) is 30.3 Å². The van der Waals surface area contributed by atoms with Crippen molar-refractivity contribution in [1.29, 1.82) is 0 Å². The summed E-state index contributed by atoms with van der Waals surface area (Å²) in [5, 5.41) is 12.0. The third-order valence-corrected chi connectivity index (χ3v) is 8.59. The molecule has 1 saturated carbocycles. The Kier molecular flexibility index (Phi) is 7.04. The number of esters is 1. The maximum atomic E-state index is 12.7. The number of hydrogen-bond acceptors (Lipinski definition) is 8. The Labute approximate surface area is 215 Å². The van der Waals surface area contributed by atoms with Crippen LogP contribution in [0.1, 0.15) is 70.9 Å². The van der Waals surface area contributed by atoms with Gasteiger partial charge >= 0.3 is 11.9 Å². The van der Waals surface area contributed by atoms with Crippen LogP contribution in [-0.2, 0) is 38.4 Å². The molecule has 0 unspecified atom stereocenters. The highest BCUT2D eigenvalue weighted by Crippen LogP contribution is 2.60. The Morgan fingerprint density at radius 3 is 2.57 bits per heavy atom. The van der Waals surface area contributed by atoms with E-state index in [1.165, 1.54) is 0 Å². The molecule has 6 rings (SSSR count). The van der Waals surface area contributed by atoms with Crippen LogP contribution in [0.4, 0.5) is 0 Å². The van der Waals surface area contributed by atoms with Crippen molar-refractivity contribution < 1.29 is 43.5 Å². The summed E-state index contributed by atoms with van der Waals surface area (Å²) in [5.41, 5.74) is -0.305. The van der Waals surface area contributed by atoms with E-state index in [0.29, 0.717) is 17.9 Å². The monoisotopic (exact) mass is 517 g/mol. The highest BCUT2D eigenvalue weighted by atomic mass is 17.3. The number of rotatable bonds is 7. The van der Waals surface area contributed by atoms with Crippen molar-refractivity contribution in [2.24, 2.45) is 23.7 Å². The molecule has 10 heteroatoms. The third kappa shape index (κ3) is 4.76. The van der Waals surface area contributed by atoms with Gasteiger partial charge in [-0.1, -0.05) is 44.2 Å². The molecule has 1 aromatic rings. The SMILES string of the molecule is C[C@H]1[C@H](OC(=O)CCC(=O)N[C@H](C(=O)O)c2ccccc2)O[C@H]2O[C@]3(C)CC[C@H]4[C@@H](C)CC[C@H]1[C@@]24OO3. The quantitative estimate of drug-likeness (QED) is 0.412. The number of carbonyl (C=O) groups is 3. The van der Waals surface area contributed by atoms with E-state index < -0.39 is 47.9 Å². The molecule has 1 aliphatic carbocycles. The molecule has 4 aliphatic heterocycles. The zero-order valence-corrected chi connectivity index (χ0v) is 21.4. The van der Waals surface area contributed by atoms with Gasteiger partial charge in [-0.15, -0.1) is 0 Å². The Morgan fingerprint density at radius 1 is 1.08 bits per heavy atom. The second-order valence-electron chi connectivity index (χ2n) is 11.0. The van der Waals surface area contributed by atoms with E-state index in [2.05, 4.69) is 12.2 Å². The molecule has 2 bridgehead atoms. The van der Waals surface area contributed by atoms with Gasteiger partial charge in [-0.2, -0.15) is 0 Å². The van der Waals surface area contributed by atoms with E-state index in [9.17, 15) is 19.5 Å². The predicted octanol–water partition coefficient (Wildman–Crippen LogP) is 3.46. The smallest absolute Gasteiger partial charge is 0.330 e. The molecular weight excluding hydrogens is 482 g/mol. The maximum Gasteiger partial charge on any atom is 0.330 e. The molecule has 4 saturated heterocycles. The number of fused-ring (bicyclic) bond motifs is 2. The van der Waals surface area contributed by atoms with Crippen molar-refractivity contribution in [2.45, 2.75) is 89.3 Å². The number of nitrogens with one attached hydrogen (secondary N) is 1. The zero-order chi connectivity index (χ0) is 26.4. The summed E-state index contributed by atoms with van der Waals surface area (Å²) in [6, 6.07) is 7.19. The first-order valence-corrected chi connectivity index (χ1v) is 13.1. The Bertz CT molecular complexity index is 1030. The Hall–Kier alpha value is -2.53. The van der Waals surface area contributed by atoms with Crippen molar-refractivity contribution in [1.82, 2.24) is 5.32 Å². The molecule has 37 heavy (non-hydrogen) atoms. The van der Waals surface area contributed by atoms with Gasteiger partial charge in [-0.05, 0) is 43.6 Å². The summed E-state index contributed by atoms with van der Waals surface area (Å²) in [7, 11) is 0. The first-order valence-electron chi connectivity index (χ1n) is 13.1. The molecule has 9 atom stereocenters. The third-order valence-electron chi connectivity index (χ3n) is 8.59. The first-order chi connectivity index (χ1) is 17.6. The van der Waals surface area contributed by atoms with Crippen LogP contribution >= 0.6 is 0 Å². The second kappa shape index (κ2) is 9.98. The molecule has 0 aromatic heterocycles. The lowest BCUT2D eigenvalue weighted by molar-refractivity contribution is -0.576. The van der Waals surface area contributed by atoms with Gasteiger partial charge < -0.3 is 24.6 Å². The number of amides is 1. The fourth-order valence-electron chi connectivity index (χ4n) is 6.58. The minimum atomic E-state index is -1.20. The summed E-state index contributed by atoms with van der Waals surface area (Å²) in [6.07, 6.45) is 1.48. The minimum absolute atomic E-state index is 0.0124. The summed E-state index contributed by atoms with van der Waals surface area (Å²) in [6.45, 7) is 6.04. The van der Waals surface area contributed by atoms with E-state index in [-0.39, 0.29) is 30.6 Å². The Balaban J connectivity index is 1.22. The van der Waals surface area contributed by atoms with Gasteiger partial charge in [0.2, 0.25) is 18.0 Å². The molecule has 5 fully saturated rings. The normalized spacial score (nSPS) is 39.1. The summed E-state index contributed by atoms with van der Waals surface area (Å²) in [4.78, 5) is 48.7. The minimum Gasteiger partial charge on any atom is -0.479 e. The molecule has 2 N–H and O–H groups in total.